The first-order valence-corrected chi connectivity index (χ1v) is 7.09. The molecule has 0 aliphatic carbocycles. The van der Waals surface area contributed by atoms with E-state index in [-0.39, 0.29) is 12.1 Å². The van der Waals surface area contributed by atoms with Gasteiger partial charge in [0.25, 0.3) is 0 Å². The van der Waals surface area contributed by atoms with Crippen LogP contribution in [0.15, 0.2) is 0 Å². The lowest BCUT2D eigenvalue weighted by molar-refractivity contribution is -0.00326. The van der Waals surface area contributed by atoms with E-state index in [1.165, 1.54) is 0 Å². The maximum absolute atomic E-state index is 12.3. The molecule has 0 bridgehead atoms. The Morgan fingerprint density at radius 3 is 2.63 bits per heavy atom. The Bertz CT molecular complexity index is 300. The molecule has 1 saturated heterocycles. The number of carbonyl (C=O) groups is 1. The SMILES string of the molecule is CC(C)C[C@H]1[C@@H](O)CNCCN1C(=O)OC(C)(C)C. The van der Waals surface area contributed by atoms with Gasteiger partial charge >= 0.3 is 6.09 Å². The van der Waals surface area contributed by atoms with Gasteiger partial charge in [0.2, 0.25) is 0 Å². The van der Waals surface area contributed by atoms with E-state index >= 15 is 0 Å². The Kier molecular flexibility index (Phi) is 5.62. The van der Waals surface area contributed by atoms with Crippen LogP contribution >= 0.6 is 0 Å². The molecule has 112 valence electrons. The zero-order valence-electron chi connectivity index (χ0n) is 12.8. The fourth-order valence-corrected chi connectivity index (χ4v) is 2.27. The van der Waals surface area contributed by atoms with Crippen molar-refractivity contribution in [2.24, 2.45) is 5.92 Å². The molecule has 0 aromatic rings. The number of nitrogens with one attached hydrogen (secondary N) is 1. The van der Waals surface area contributed by atoms with Crippen LogP contribution in [-0.4, -0.2) is 53.5 Å². The summed E-state index contributed by atoms with van der Waals surface area (Å²) in [6.07, 6.45) is -0.0967. The van der Waals surface area contributed by atoms with Crippen molar-refractivity contribution in [3.63, 3.8) is 0 Å². The molecular weight excluding hydrogens is 244 g/mol. The van der Waals surface area contributed by atoms with Gasteiger partial charge in [0.1, 0.15) is 5.60 Å². The Hall–Kier alpha value is -0.810. The molecule has 0 aromatic carbocycles. The van der Waals surface area contributed by atoms with Crippen molar-refractivity contribution in [1.82, 2.24) is 10.2 Å². The molecule has 2 N–H and O–H groups in total. The molecule has 0 aromatic heterocycles. The number of carbonyl (C=O) groups excluding carboxylic acids is 1. The molecule has 1 rings (SSSR count). The molecule has 1 heterocycles. The van der Waals surface area contributed by atoms with E-state index in [4.69, 9.17) is 4.74 Å². The van der Waals surface area contributed by atoms with Gasteiger partial charge in [-0.15, -0.1) is 0 Å². The summed E-state index contributed by atoms with van der Waals surface area (Å²) < 4.78 is 5.44. The highest BCUT2D eigenvalue weighted by Crippen LogP contribution is 2.20. The number of amides is 1. The summed E-state index contributed by atoms with van der Waals surface area (Å²) in [5, 5.41) is 13.4. The summed E-state index contributed by atoms with van der Waals surface area (Å²) in [7, 11) is 0. The molecular formula is C14H28N2O3. The largest absolute Gasteiger partial charge is 0.444 e. The van der Waals surface area contributed by atoms with Gasteiger partial charge in [-0.2, -0.15) is 0 Å². The van der Waals surface area contributed by atoms with Gasteiger partial charge in [-0.3, -0.25) is 0 Å². The number of aliphatic hydroxyl groups excluding tert-OH is 1. The Balaban J connectivity index is 2.81. The highest BCUT2D eigenvalue weighted by molar-refractivity contribution is 5.68. The molecule has 1 aliphatic heterocycles. The lowest BCUT2D eigenvalue weighted by atomic mass is 9.98. The van der Waals surface area contributed by atoms with Gasteiger partial charge in [-0.25, -0.2) is 4.79 Å². The molecule has 19 heavy (non-hydrogen) atoms. The highest BCUT2D eigenvalue weighted by atomic mass is 16.6. The Morgan fingerprint density at radius 2 is 2.11 bits per heavy atom. The number of rotatable bonds is 2. The van der Waals surface area contributed by atoms with Crippen molar-refractivity contribution >= 4 is 6.09 Å². The quantitative estimate of drug-likeness (QED) is 0.801. The van der Waals surface area contributed by atoms with Gasteiger partial charge in [-0.05, 0) is 33.1 Å². The fraction of sp³-hybridized carbons (Fsp3) is 0.929. The second-order valence-electron chi connectivity index (χ2n) is 6.64. The predicted molar refractivity (Wildman–Crippen MR) is 75.1 cm³/mol. The Labute approximate surface area is 116 Å². The van der Waals surface area contributed by atoms with Crippen molar-refractivity contribution in [2.45, 2.75) is 58.8 Å². The van der Waals surface area contributed by atoms with Gasteiger partial charge in [0.15, 0.2) is 0 Å². The third kappa shape index (κ3) is 5.37. The number of ether oxygens (including phenoxy) is 1. The van der Waals surface area contributed by atoms with E-state index in [0.29, 0.717) is 25.6 Å². The summed E-state index contributed by atoms with van der Waals surface area (Å²) in [5.41, 5.74) is -0.510. The van der Waals surface area contributed by atoms with Crippen LogP contribution in [0.3, 0.4) is 0 Å². The molecule has 5 nitrogen and oxygen atoms in total. The number of β-amino-alcohol motifs (C(OH)–C–C–N with tert-alkyl or cyclic N) is 1. The van der Waals surface area contributed by atoms with Crippen molar-refractivity contribution in [2.75, 3.05) is 19.6 Å². The van der Waals surface area contributed by atoms with Crippen molar-refractivity contribution in [3.8, 4) is 0 Å². The second kappa shape index (κ2) is 6.57. The lowest BCUT2D eigenvalue weighted by Gasteiger charge is -2.34. The van der Waals surface area contributed by atoms with Gasteiger partial charge in [-0.1, -0.05) is 13.8 Å². The first-order valence-electron chi connectivity index (χ1n) is 7.09. The molecule has 1 fully saturated rings. The number of hydrogen-bond acceptors (Lipinski definition) is 4. The molecule has 1 aliphatic rings. The van der Waals surface area contributed by atoms with Crippen molar-refractivity contribution < 1.29 is 14.6 Å². The first kappa shape index (κ1) is 16.2. The number of hydrogen-bond donors (Lipinski definition) is 2. The van der Waals surface area contributed by atoms with Crippen LogP contribution in [0.4, 0.5) is 4.79 Å². The van der Waals surface area contributed by atoms with Crippen molar-refractivity contribution in [3.05, 3.63) is 0 Å². The van der Waals surface area contributed by atoms with Crippen molar-refractivity contribution in [1.29, 1.82) is 0 Å². The first-order chi connectivity index (χ1) is 8.70. The van der Waals surface area contributed by atoms with Crippen LogP contribution in [0.1, 0.15) is 41.0 Å². The molecule has 0 saturated carbocycles. The van der Waals surface area contributed by atoms with Crippen LogP contribution in [0.5, 0.6) is 0 Å². The number of nitrogens with zero attached hydrogens (tertiary/aromatic N) is 1. The zero-order chi connectivity index (χ0) is 14.6. The monoisotopic (exact) mass is 272 g/mol. The van der Waals surface area contributed by atoms with E-state index in [1.807, 2.05) is 20.8 Å². The Morgan fingerprint density at radius 1 is 1.47 bits per heavy atom. The second-order valence-corrected chi connectivity index (χ2v) is 6.64. The van der Waals surface area contributed by atoms with Gasteiger partial charge < -0.3 is 20.1 Å². The minimum atomic E-state index is -0.544. The predicted octanol–water partition coefficient (Wildman–Crippen LogP) is 1.60. The molecule has 0 unspecified atom stereocenters. The summed E-state index contributed by atoms with van der Waals surface area (Å²) >= 11 is 0. The zero-order valence-corrected chi connectivity index (χ0v) is 12.8. The maximum atomic E-state index is 12.3. The van der Waals surface area contributed by atoms with E-state index < -0.39 is 11.7 Å². The van der Waals surface area contributed by atoms with E-state index in [2.05, 4.69) is 19.2 Å². The third-order valence-electron chi connectivity index (χ3n) is 3.07. The van der Waals surface area contributed by atoms with Crippen LogP contribution in [0.2, 0.25) is 0 Å². The standard InChI is InChI=1S/C14H28N2O3/c1-10(2)8-11-12(17)9-15-6-7-16(11)13(18)19-14(3,4)5/h10-12,15,17H,6-9H2,1-5H3/t11-,12-/m0/s1. The lowest BCUT2D eigenvalue weighted by Crippen LogP contribution is -2.49. The summed E-state index contributed by atoms with van der Waals surface area (Å²) in [5.74, 6) is 0.419. The van der Waals surface area contributed by atoms with Gasteiger partial charge in [0.05, 0.1) is 12.1 Å². The summed E-state index contributed by atoms with van der Waals surface area (Å²) in [6, 6.07) is -0.176. The van der Waals surface area contributed by atoms with E-state index in [0.717, 1.165) is 6.42 Å². The topological polar surface area (TPSA) is 61.8 Å². The normalized spacial score (nSPS) is 25.3. The third-order valence-corrected chi connectivity index (χ3v) is 3.07. The minimum absolute atomic E-state index is 0.176. The average Bonchev–Trinajstić information content (AvgIpc) is 2.39. The van der Waals surface area contributed by atoms with Crippen LogP contribution in [0, 0.1) is 5.92 Å². The van der Waals surface area contributed by atoms with Crippen LogP contribution < -0.4 is 5.32 Å². The van der Waals surface area contributed by atoms with Gasteiger partial charge in [0, 0.05) is 19.6 Å². The highest BCUT2D eigenvalue weighted by Gasteiger charge is 2.34. The molecule has 1 amide bonds. The minimum Gasteiger partial charge on any atom is -0.444 e. The van der Waals surface area contributed by atoms with E-state index in [1.54, 1.807) is 4.90 Å². The molecule has 5 heteroatoms. The molecule has 0 radical (unpaired) electrons. The smallest absolute Gasteiger partial charge is 0.410 e. The summed E-state index contributed by atoms with van der Waals surface area (Å²) in [6.45, 7) is 11.5. The summed E-state index contributed by atoms with van der Waals surface area (Å²) in [4.78, 5) is 13.9. The fourth-order valence-electron chi connectivity index (χ4n) is 2.27. The van der Waals surface area contributed by atoms with Crippen LogP contribution in [0.25, 0.3) is 0 Å². The number of aliphatic hydroxyl groups is 1. The molecule has 2 atom stereocenters. The average molecular weight is 272 g/mol. The van der Waals surface area contributed by atoms with E-state index in [9.17, 15) is 9.90 Å². The molecule has 0 spiro atoms. The maximum Gasteiger partial charge on any atom is 0.410 e. The van der Waals surface area contributed by atoms with Crippen LogP contribution in [-0.2, 0) is 4.74 Å².